The van der Waals surface area contributed by atoms with Gasteiger partial charge in [-0.2, -0.15) is 0 Å². The molecule has 0 aromatic rings. The van der Waals surface area contributed by atoms with E-state index in [2.05, 4.69) is 39.9 Å². The molecule has 0 aromatic heterocycles. The molecule has 0 aliphatic rings. The summed E-state index contributed by atoms with van der Waals surface area (Å²) in [5.41, 5.74) is 0.217. The SMILES string of the molecule is CC(C)(CCNC(C)(C)C)CCS(C)(=O)=O. The Labute approximate surface area is 101 Å². The van der Waals surface area contributed by atoms with Crippen molar-refractivity contribution in [3.63, 3.8) is 0 Å². The van der Waals surface area contributed by atoms with Crippen molar-refractivity contribution in [3.8, 4) is 0 Å². The second-order valence-corrected chi connectivity index (χ2v) is 8.73. The van der Waals surface area contributed by atoms with Gasteiger partial charge in [-0.3, -0.25) is 0 Å². The lowest BCUT2D eigenvalue weighted by atomic mass is 9.86. The molecule has 3 nitrogen and oxygen atoms in total. The molecule has 0 aromatic carbocycles. The molecule has 4 heteroatoms. The van der Waals surface area contributed by atoms with E-state index < -0.39 is 9.84 Å². The fourth-order valence-electron chi connectivity index (χ4n) is 1.36. The molecule has 16 heavy (non-hydrogen) atoms. The van der Waals surface area contributed by atoms with Crippen molar-refractivity contribution in [2.24, 2.45) is 5.41 Å². The van der Waals surface area contributed by atoms with Crippen LogP contribution >= 0.6 is 0 Å². The maximum absolute atomic E-state index is 11.1. The zero-order valence-corrected chi connectivity index (χ0v) is 12.4. The summed E-state index contributed by atoms with van der Waals surface area (Å²) in [6.07, 6.45) is 3.04. The van der Waals surface area contributed by atoms with Crippen LogP contribution in [0.25, 0.3) is 0 Å². The Morgan fingerprint density at radius 3 is 1.88 bits per heavy atom. The average Bonchev–Trinajstić information content (AvgIpc) is 1.97. The maximum atomic E-state index is 11.1. The summed E-state index contributed by atoms with van der Waals surface area (Å²) >= 11 is 0. The minimum Gasteiger partial charge on any atom is -0.312 e. The Bertz CT molecular complexity index is 299. The first-order valence-electron chi connectivity index (χ1n) is 5.84. The highest BCUT2D eigenvalue weighted by molar-refractivity contribution is 7.90. The molecule has 0 fully saturated rings. The average molecular weight is 249 g/mol. The smallest absolute Gasteiger partial charge is 0.147 e. The Morgan fingerprint density at radius 1 is 1.00 bits per heavy atom. The van der Waals surface area contributed by atoms with E-state index in [4.69, 9.17) is 0 Å². The van der Waals surface area contributed by atoms with Gasteiger partial charge < -0.3 is 5.32 Å². The van der Waals surface area contributed by atoms with Crippen LogP contribution in [0, 0.1) is 5.41 Å². The van der Waals surface area contributed by atoms with Gasteiger partial charge in [0.1, 0.15) is 9.84 Å². The monoisotopic (exact) mass is 249 g/mol. The first-order valence-corrected chi connectivity index (χ1v) is 7.90. The first kappa shape index (κ1) is 15.9. The Morgan fingerprint density at radius 2 is 1.50 bits per heavy atom. The molecule has 0 saturated heterocycles. The van der Waals surface area contributed by atoms with Gasteiger partial charge in [-0.25, -0.2) is 8.42 Å². The predicted molar refractivity (Wildman–Crippen MR) is 70.5 cm³/mol. The molecular weight excluding hydrogens is 222 g/mol. The molecule has 0 bridgehead atoms. The zero-order valence-electron chi connectivity index (χ0n) is 11.6. The molecule has 0 amide bonds. The third-order valence-electron chi connectivity index (χ3n) is 2.61. The van der Waals surface area contributed by atoms with Crippen LogP contribution in [0.2, 0.25) is 0 Å². The van der Waals surface area contributed by atoms with Crippen molar-refractivity contribution in [2.75, 3.05) is 18.6 Å². The van der Waals surface area contributed by atoms with Crippen LogP contribution in [0.1, 0.15) is 47.5 Å². The number of hydrogen-bond donors (Lipinski definition) is 1. The van der Waals surface area contributed by atoms with E-state index in [1.807, 2.05) is 0 Å². The van der Waals surface area contributed by atoms with E-state index in [0.717, 1.165) is 19.4 Å². The van der Waals surface area contributed by atoms with Crippen molar-refractivity contribution >= 4 is 9.84 Å². The van der Waals surface area contributed by atoms with Crippen molar-refractivity contribution in [3.05, 3.63) is 0 Å². The highest BCUT2D eigenvalue weighted by atomic mass is 32.2. The molecule has 0 rings (SSSR count). The van der Waals surface area contributed by atoms with E-state index in [0.29, 0.717) is 0 Å². The van der Waals surface area contributed by atoms with Crippen LogP contribution in [-0.2, 0) is 9.84 Å². The Hall–Kier alpha value is -0.0900. The summed E-state index contributed by atoms with van der Waals surface area (Å²) in [5.74, 6) is 0.287. The lowest BCUT2D eigenvalue weighted by molar-refractivity contribution is 0.295. The highest BCUT2D eigenvalue weighted by Gasteiger charge is 2.20. The van der Waals surface area contributed by atoms with Crippen LogP contribution in [0.4, 0.5) is 0 Å². The van der Waals surface area contributed by atoms with Gasteiger partial charge in [-0.15, -0.1) is 0 Å². The summed E-state index contributed by atoms with van der Waals surface area (Å²) in [4.78, 5) is 0. The minimum absolute atomic E-state index is 0.0847. The second kappa shape index (κ2) is 5.50. The van der Waals surface area contributed by atoms with Gasteiger partial charge in [0, 0.05) is 11.8 Å². The standard InChI is InChI=1S/C12H27NO2S/c1-11(2,3)13-9-7-12(4,5)8-10-16(6,14)15/h13H,7-10H2,1-6H3. The van der Waals surface area contributed by atoms with Crippen molar-refractivity contribution in [2.45, 2.75) is 53.0 Å². The fourth-order valence-corrected chi connectivity index (χ4v) is 2.29. The molecule has 0 atom stereocenters. The highest BCUT2D eigenvalue weighted by Crippen LogP contribution is 2.25. The lowest BCUT2D eigenvalue weighted by Gasteiger charge is -2.27. The quantitative estimate of drug-likeness (QED) is 0.785. The molecule has 0 heterocycles. The van der Waals surface area contributed by atoms with Crippen molar-refractivity contribution in [1.29, 1.82) is 0 Å². The van der Waals surface area contributed by atoms with Gasteiger partial charge in [0.2, 0.25) is 0 Å². The van der Waals surface area contributed by atoms with E-state index >= 15 is 0 Å². The molecular formula is C12H27NO2S. The summed E-state index contributed by atoms with van der Waals surface area (Å²) < 4.78 is 22.2. The number of nitrogens with one attached hydrogen (secondary N) is 1. The van der Waals surface area contributed by atoms with Crippen LogP contribution in [0.5, 0.6) is 0 Å². The third-order valence-corrected chi connectivity index (χ3v) is 3.55. The molecule has 0 radical (unpaired) electrons. The van der Waals surface area contributed by atoms with Gasteiger partial charge in [0.05, 0.1) is 5.75 Å². The van der Waals surface area contributed by atoms with E-state index in [1.54, 1.807) is 0 Å². The predicted octanol–water partition coefficient (Wildman–Crippen LogP) is 2.23. The Balaban J connectivity index is 3.97. The summed E-state index contributed by atoms with van der Waals surface area (Å²) in [7, 11) is -2.83. The zero-order chi connectivity index (χ0) is 13.0. The van der Waals surface area contributed by atoms with Crippen LogP contribution in [0.3, 0.4) is 0 Å². The molecule has 0 aliphatic carbocycles. The van der Waals surface area contributed by atoms with Gasteiger partial charge in [-0.05, 0) is 45.6 Å². The van der Waals surface area contributed by atoms with Crippen LogP contribution < -0.4 is 5.32 Å². The lowest BCUT2D eigenvalue weighted by Crippen LogP contribution is -2.38. The molecule has 1 N–H and O–H groups in total. The number of hydrogen-bond acceptors (Lipinski definition) is 3. The van der Waals surface area contributed by atoms with Crippen LogP contribution in [-0.4, -0.2) is 32.5 Å². The van der Waals surface area contributed by atoms with Gasteiger partial charge in [0.25, 0.3) is 0 Å². The summed E-state index contributed by atoms with van der Waals surface area (Å²) in [6, 6.07) is 0. The fraction of sp³-hybridized carbons (Fsp3) is 1.00. The van der Waals surface area contributed by atoms with E-state index in [1.165, 1.54) is 6.26 Å². The molecule has 98 valence electrons. The number of rotatable bonds is 6. The van der Waals surface area contributed by atoms with Gasteiger partial charge in [-0.1, -0.05) is 13.8 Å². The topological polar surface area (TPSA) is 46.2 Å². The summed E-state index contributed by atoms with van der Waals surface area (Å²) in [6.45, 7) is 11.6. The van der Waals surface area contributed by atoms with Crippen LogP contribution in [0.15, 0.2) is 0 Å². The third kappa shape index (κ3) is 10.4. The van der Waals surface area contributed by atoms with E-state index in [9.17, 15) is 8.42 Å². The van der Waals surface area contributed by atoms with Gasteiger partial charge in [0.15, 0.2) is 0 Å². The van der Waals surface area contributed by atoms with Gasteiger partial charge >= 0.3 is 0 Å². The Kier molecular flexibility index (Phi) is 5.47. The maximum Gasteiger partial charge on any atom is 0.147 e. The first-order chi connectivity index (χ1) is 6.91. The minimum atomic E-state index is -2.83. The van der Waals surface area contributed by atoms with E-state index in [-0.39, 0.29) is 16.7 Å². The molecule has 0 aliphatic heterocycles. The molecule has 0 spiro atoms. The van der Waals surface area contributed by atoms with Crippen molar-refractivity contribution in [1.82, 2.24) is 5.32 Å². The molecule has 0 unspecified atom stereocenters. The molecule has 0 saturated carbocycles. The van der Waals surface area contributed by atoms with Crippen molar-refractivity contribution < 1.29 is 8.42 Å². The largest absolute Gasteiger partial charge is 0.312 e. The summed E-state index contributed by atoms with van der Waals surface area (Å²) in [5, 5.41) is 3.43. The second-order valence-electron chi connectivity index (χ2n) is 6.47. The normalized spacial score (nSPS) is 14.1. The number of sulfone groups is 1.